The van der Waals surface area contributed by atoms with Gasteiger partial charge in [-0.25, -0.2) is 4.79 Å². The van der Waals surface area contributed by atoms with E-state index in [1.165, 1.54) is 0 Å². The number of nitriles is 1. The smallest absolute Gasteiger partial charge is 0.408 e. The van der Waals surface area contributed by atoms with Crippen molar-refractivity contribution in [3.63, 3.8) is 0 Å². The fourth-order valence-electron chi connectivity index (χ4n) is 2.41. The van der Waals surface area contributed by atoms with Crippen LogP contribution in [0.1, 0.15) is 17.2 Å². The molecular formula is C17H13N3O3. The standard InChI is InChI=1S/C17H13N3O3/c18-10-11-5-4-8-13(9-11)19-16(21)14-15(23-17(22)20-14)12-6-2-1-3-7-12/h1-9,14-15H,(H,19,21)(H,20,22). The Morgan fingerprint density at radius 2 is 1.96 bits per heavy atom. The van der Waals surface area contributed by atoms with Crippen molar-refractivity contribution >= 4 is 17.7 Å². The van der Waals surface area contributed by atoms with Gasteiger partial charge in [-0.1, -0.05) is 36.4 Å². The predicted molar refractivity (Wildman–Crippen MR) is 82.4 cm³/mol. The number of nitrogens with one attached hydrogen (secondary N) is 2. The average molecular weight is 307 g/mol. The minimum atomic E-state index is -0.837. The maximum atomic E-state index is 12.5. The van der Waals surface area contributed by atoms with E-state index in [0.29, 0.717) is 11.3 Å². The zero-order valence-electron chi connectivity index (χ0n) is 12.0. The molecule has 23 heavy (non-hydrogen) atoms. The summed E-state index contributed by atoms with van der Waals surface area (Å²) in [5.41, 5.74) is 1.66. The molecular weight excluding hydrogens is 294 g/mol. The van der Waals surface area contributed by atoms with E-state index >= 15 is 0 Å². The molecule has 0 aliphatic carbocycles. The van der Waals surface area contributed by atoms with Gasteiger partial charge in [0.15, 0.2) is 12.1 Å². The topological polar surface area (TPSA) is 91.2 Å². The van der Waals surface area contributed by atoms with Crippen LogP contribution in [0.4, 0.5) is 10.5 Å². The molecule has 2 unspecified atom stereocenters. The molecule has 2 N–H and O–H groups in total. The molecule has 114 valence electrons. The van der Waals surface area contributed by atoms with Crippen LogP contribution in [0.15, 0.2) is 54.6 Å². The van der Waals surface area contributed by atoms with Gasteiger partial charge in [-0.15, -0.1) is 0 Å². The molecule has 2 amide bonds. The molecule has 6 nitrogen and oxygen atoms in total. The molecule has 1 aliphatic heterocycles. The first-order chi connectivity index (χ1) is 11.2. The second-order valence-corrected chi connectivity index (χ2v) is 5.04. The van der Waals surface area contributed by atoms with Crippen molar-refractivity contribution < 1.29 is 14.3 Å². The van der Waals surface area contributed by atoms with Crippen molar-refractivity contribution in [2.24, 2.45) is 0 Å². The van der Waals surface area contributed by atoms with E-state index in [1.807, 2.05) is 24.3 Å². The van der Waals surface area contributed by atoms with E-state index in [1.54, 1.807) is 36.4 Å². The van der Waals surface area contributed by atoms with Gasteiger partial charge in [-0.2, -0.15) is 5.26 Å². The highest BCUT2D eigenvalue weighted by molar-refractivity contribution is 5.98. The lowest BCUT2D eigenvalue weighted by Gasteiger charge is -2.17. The Labute approximate surface area is 132 Å². The first-order valence-electron chi connectivity index (χ1n) is 7.00. The highest BCUT2D eigenvalue weighted by Gasteiger charge is 2.40. The lowest BCUT2D eigenvalue weighted by molar-refractivity contribution is -0.119. The number of nitrogens with zero attached hydrogens (tertiary/aromatic N) is 1. The Balaban J connectivity index is 1.80. The van der Waals surface area contributed by atoms with Crippen molar-refractivity contribution in [3.8, 4) is 6.07 Å². The molecule has 0 radical (unpaired) electrons. The number of hydrogen-bond donors (Lipinski definition) is 2. The van der Waals surface area contributed by atoms with Crippen molar-refractivity contribution in [2.45, 2.75) is 12.1 Å². The van der Waals surface area contributed by atoms with Gasteiger partial charge in [0, 0.05) is 5.69 Å². The number of cyclic esters (lactones) is 1. The maximum Gasteiger partial charge on any atom is 0.408 e. The molecule has 0 saturated carbocycles. The SMILES string of the molecule is N#Cc1cccc(NC(=O)C2NC(=O)OC2c2ccccc2)c1. The van der Waals surface area contributed by atoms with Crippen LogP contribution in [-0.2, 0) is 9.53 Å². The summed E-state index contributed by atoms with van der Waals surface area (Å²) in [6.07, 6.45) is -1.33. The van der Waals surface area contributed by atoms with Crippen LogP contribution in [0.25, 0.3) is 0 Å². The highest BCUT2D eigenvalue weighted by atomic mass is 16.6. The van der Waals surface area contributed by atoms with Crippen LogP contribution in [0.2, 0.25) is 0 Å². The third kappa shape index (κ3) is 3.14. The van der Waals surface area contributed by atoms with Crippen LogP contribution in [0.3, 0.4) is 0 Å². The van der Waals surface area contributed by atoms with Crippen LogP contribution >= 0.6 is 0 Å². The molecule has 1 fully saturated rings. The van der Waals surface area contributed by atoms with E-state index in [0.717, 1.165) is 5.56 Å². The summed E-state index contributed by atoms with van der Waals surface area (Å²) in [4.78, 5) is 24.0. The van der Waals surface area contributed by atoms with E-state index in [9.17, 15) is 9.59 Å². The van der Waals surface area contributed by atoms with Crippen LogP contribution in [-0.4, -0.2) is 18.0 Å². The number of alkyl carbamates (subject to hydrolysis) is 1. The molecule has 1 aliphatic rings. The minimum absolute atomic E-state index is 0.403. The summed E-state index contributed by atoms with van der Waals surface area (Å²) in [6, 6.07) is 16.8. The van der Waals surface area contributed by atoms with Gasteiger partial charge in [-0.05, 0) is 23.8 Å². The summed E-state index contributed by atoms with van der Waals surface area (Å²) < 4.78 is 5.20. The molecule has 2 aromatic rings. The number of carbonyl (C=O) groups is 2. The normalized spacial score (nSPS) is 19.3. The number of ether oxygens (including phenoxy) is 1. The van der Waals surface area contributed by atoms with Gasteiger partial charge in [0.1, 0.15) is 0 Å². The number of amides is 2. The summed E-state index contributed by atoms with van der Waals surface area (Å²) >= 11 is 0. The van der Waals surface area contributed by atoms with E-state index in [4.69, 9.17) is 10.00 Å². The van der Waals surface area contributed by atoms with Crippen LogP contribution in [0, 0.1) is 11.3 Å². The second-order valence-electron chi connectivity index (χ2n) is 5.04. The lowest BCUT2D eigenvalue weighted by atomic mass is 10.0. The van der Waals surface area contributed by atoms with Crippen molar-refractivity contribution in [2.75, 3.05) is 5.32 Å². The average Bonchev–Trinajstić information content (AvgIpc) is 2.98. The number of rotatable bonds is 3. The monoisotopic (exact) mass is 307 g/mol. The van der Waals surface area contributed by atoms with Crippen LogP contribution in [0.5, 0.6) is 0 Å². The molecule has 6 heteroatoms. The molecule has 1 heterocycles. The summed E-state index contributed by atoms with van der Waals surface area (Å²) in [7, 11) is 0. The first-order valence-corrected chi connectivity index (χ1v) is 7.00. The number of carbonyl (C=O) groups excluding carboxylic acids is 2. The van der Waals surface area contributed by atoms with Crippen molar-refractivity contribution in [3.05, 3.63) is 65.7 Å². The Kier molecular flexibility index (Phi) is 3.93. The molecule has 0 aromatic heterocycles. The predicted octanol–water partition coefficient (Wildman–Crippen LogP) is 2.35. The van der Waals surface area contributed by atoms with E-state index in [2.05, 4.69) is 10.6 Å². The van der Waals surface area contributed by atoms with Gasteiger partial charge < -0.3 is 15.4 Å². The third-order valence-electron chi connectivity index (χ3n) is 3.48. The fourth-order valence-corrected chi connectivity index (χ4v) is 2.41. The molecule has 1 saturated heterocycles. The molecule has 0 bridgehead atoms. The zero-order chi connectivity index (χ0) is 16.2. The number of benzene rings is 2. The Morgan fingerprint density at radius 3 is 2.70 bits per heavy atom. The van der Waals surface area contributed by atoms with Gasteiger partial charge in [0.25, 0.3) is 5.91 Å². The summed E-state index contributed by atoms with van der Waals surface area (Å²) in [5.74, 6) is -0.403. The van der Waals surface area contributed by atoms with Crippen molar-refractivity contribution in [1.82, 2.24) is 5.32 Å². The molecule has 0 spiro atoms. The van der Waals surface area contributed by atoms with E-state index in [-0.39, 0.29) is 0 Å². The molecule has 3 rings (SSSR count). The first kappa shape index (κ1) is 14.6. The van der Waals surface area contributed by atoms with E-state index < -0.39 is 24.1 Å². The van der Waals surface area contributed by atoms with Gasteiger partial charge in [0.2, 0.25) is 0 Å². The lowest BCUT2D eigenvalue weighted by Crippen LogP contribution is -2.40. The number of anilines is 1. The Morgan fingerprint density at radius 1 is 1.17 bits per heavy atom. The van der Waals surface area contributed by atoms with Gasteiger partial charge >= 0.3 is 6.09 Å². The quantitative estimate of drug-likeness (QED) is 0.910. The highest BCUT2D eigenvalue weighted by Crippen LogP contribution is 2.27. The van der Waals surface area contributed by atoms with Gasteiger partial charge in [-0.3, -0.25) is 4.79 Å². The number of hydrogen-bond acceptors (Lipinski definition) is 4. The zero-order valence-corrected chi connectivity index (χ0v) is 12.0. The fraction of sp³-hybridized carbons (Fsp3) is 0.118. The molecule has 2 atom stereocenters. The maximum absolute atomic E-state index is 12.5. The van der Waals surface area contributed by atoms with Gasteiger partial charge in [0.05, 0.1) is 11.6 Å². The van der Waals surface area contributed by atoms with Crippen LogP contribution < -0.4 is 10.6 Å². The Bertz CT molecular complexity index is 783. The minimum Gasteiger partial charge on any atom is -0.439 e. The third-order valence-corrected chi connectivity index (χ3v) is 3.48. The molecule has 2 aromatic carbocycles. The second kappa shape index (κ2) is 6.20. The Hall–Kier alpha value is -3.33. The summed E-state index contributed by atoms with van der Waals surface area (Å²) in [5, 5.41) is 14.1. The largest absolute Gasteiger partial charge is 0.439 e. The van der Waals surface area contributed by atoms with Crippen molar-refractivity contribution in [1.29, 1.82) is 5.26 Å². The summed E-state index contributed by atoms with van der Waals surface area (Å²) in [6.45, 7) is 0.